The molecule has 19 heavy (non-hydrogen) atoms. The molecule has 1 fully saturated rings. The molecule has 6 nitrogen and oxygen atoms in total. The van der Waals surface area contributed by atoms with E-state index in [-0.39, 0.29) is 23.7 Å². The molecule has 0 aliphatic heterocycles. The normalized spacial score (nSPS) is 17.9. The molecule has 6 heteroatoms. The molecule has 1 aliphatic rings. The summed E-state index contributed by atoms with van der Waals surface area (Å²) >= 11 is 0. The molecule has 1 heterocycles. The molecular weight excluding hydrogens is 242 g/mol. The lowest BCUT2D eigenvalue weighted by Crippen LogP contribution is -2.44. The average molecular weight is 265 g/mol. The van der Waals surface area contributed by atoms with E-state index in [9.17, 15) is 4.79 Å². The van der Waals surface area contributed by atoms with Crippen LogP contribution in [0.2, 0.25) is 0 Å². The highest BCUT2D eigenvalue weighted by Crippen LogP contribution is 2.27. The third-order valence-corrected chi connectivity index (χ3v) is 3.79. The minimum atomic E-state index is -0.231. The van der Waals surface area contributed by atoms with Gasteiger partial charge < -0.3 is 11.1 Å². The van der Waals surface area contributed by atoms with Crippen molar-refractivity contribution in [3.8, 4) is 0 Å². The highest BCUT2D eigenvalue weighted by Gasteiger charge is 2.26. The van der Waals surface area contributed by atoms with Crippen molar-refractivity contribution in [2.75, 3.05) is 6.54 Å². The number of nitrogens with two attached hydrogens (primary N) is 1. The summed E-state index contributed by atoms with van der Waals surface area (Å²) in [6.07, 6.45) is 4.76. The molecule has 0 spiro atoms. The van der Waals surface area contributed by atoms with Crippen LogP contribution in [0, 0.1) is 5.92 Å². The zero-order chi connectivity index (χ0) is 13.8. The van der Waals surface area contributed by atoms with Crippen LogP contribution in [0.3, 0.4) is 0 Å². The Hall–Kier alpha value is -1.43. The second-order valence-electron chi connectivity index (χ2n) is 5.56. The summed E-state index contributed by atoms with van der Waals surface area (Å²) in [7, 11) is 0. The first-order chi connectivity index (χ1) is 9.11. The Balaban J connectivity index is 1.98. The van der Waals surface area contributed by atoms with Crippen molar-refractivity contribution in [1.29, 1.82) is 0 Å². The standard InChI is InChI=1S/C13H23N5O/c1-8(2)11-16-12(18-17-11)13(19)15-10(7-14)9-5-3-4-6-9/h8-10H,3-7,14H2,1-2H3,(H,15,19)(H,16,17,18). The predicted octanol–water partition coefficient (Wildman–Crippen LogP) is 1.18. The second-order valence-corrected chi connectivity index (χ2v) is 5.56. The average Bonchev–Trinajstić information content (AvgIpc) is 3.05. The van der Waals surface area contributed by atoms with Crippen LogP contribution in [0.25, 0.3) is 0 Å². The Kier molecular flexibility index (Phi) is 4.52. The maximum Gasteiger partial charge on any atom is 0.291 e. The summed E-state index contributed by atoms with van der Waals surface area (Å²) in [6.45, 7) is 4.48. The first kappa shape index (κ1) is 14.0. The summed E-state index contributed by atoms with van der Waals surface area (Å²) in [5.41, 5.74) is 5.77. The van der Waals surface area contributed by atoms with E-state index in [1.807, 2.05) is 13.8 Å². The van der Waals surface area contributed by atoms with Gasteiger partial charge >= 0.3 is 0 Å². The van der Waals surface area contributed by atoms with Gasteiger partial charge in [-0.3, -0.25) is 9.89 Å². The first-order valence-corrected chi connectivity index (χ1v) is 7.05. The Bertz CT molecular complexity index is 422. The molecule has 0 bridgehead atoms. The lowest BCUT2D eigenvalue weighted by Gasteiger charge is -2.22. The van der Waals surface area contributed by atoms with Crippen molar-refractivity contribution in [1.82, 2.24) is 20.5 Å². The van der Waals surface area contributed by atoms with Gasteiger partial charge in [0.15, 0.2) is 0 Å². The van der Waals surface area contributed by atoms with E-state index in [0.717, 1.165) is 18.7 Å². The molecule has 1 saturated carbocycles. The smallest absolute Gasteiger partial charge is 0.291 e. The van der Waals surface area contributed by atoms with E-state index in [2.05, 4.69) is 20.5 Å². The predicted molar refractivity (Wildman–Crippen MR) is 72.7 cm³/mol. The molecular formula is C13H23N5O. The summed E-state index contributed by atoms with van der Waals surface area (Å²) in [6, 6.07) is 0.0380. The second kappa shape index (κ2) is 6.14. The van der Waals surface area contributed by atoms with Crippen molar-refractivity contribution in [2.24, 2.45) is 11.7 Å². The van der Waals surface area contributed by atoms with E-state index in [1.54, 1.807) is 0 Å². The molecule has 1 aromatic heterocycles. The SMILES string of the molecule is CC(C)c1nc(C(=O)NC(CN)C2CCCC2)n[nH]1. The minimum absolute atomic E-state index is 0.0380. The van der Waals surface area contributed by atoms with Crippen LogP contribution in [0.1, 0.15) is 61.9 Å². The van der Waals surface area contributed by atoms with Crippen molar-refractivity contribution < 1.29 is 4.79 Å². The van der Waals surface area contributed by atoms with Gasteiger partial charge in [-0.25, -0.2) is 4.98 Å². The van der Waals surface area contributed by atoms with Crippen LogP contribution in [0.15, 0.2) is 0 Å². The lowest BCUT2D eigenvalue weighted by atomic mass is 9.98. The van der Waals surface area contributed by atoms with Gasteiger partial charge in [-0.2, -0.15) is 0 Å². The molecule has 0 aromatic carbocycles. The number of rotatable bonds is 5. The molecule has 1 aliphatic carbocycles. The molecule has 4 N–H and O–H groups in total. The quantitative estimate of drug-likeness (QED) is 0.744. The van der Waals surface area contributed by atoms with Crippen molar-refractivity contribution >= 4 is 5.91 Å². The lowest BCUT2D eigenvalue weighted by molar-refractivity contribution is 0.0914. The van der Waals surface area contributed by atoms with E-state index >= 15 is 0 Å². The number of carbonyl (C=O) groups is 1. The Morgan fingerprint density at radius 1 is 1.47 bits per heavy atom. The van der Waals surface area contributed by atoms with Crippen molar-refractivity contribution in [3.05, 3.63) is 11.6 Å². The van der Waals surface area contributed by atoms with Crippen molar-refractivity contribution in [3.63, 3.8) is 0 Å². The van der Waals surface area contributed by atoms with Crippen LogP contribution in [-0.2, 0) is 0 Å². The van der Waals surface area contributed by atoms with Gasteiger partial charge in [-0.05, 0) is 18.8 Å². The van der Waals surface area contributed by atoms with Crippen LogP contribution < -0.4 is 11.1 Å². The number of amides is 1. The molecule has 1 unspecified atom stereocenters. The molecule has 1 aromatic rings. The van der Waals surface area contributed by atoms with Gasteiger partial charge in [-0.1, -0.05) is 26.7 Å². The van der Waals surface area contributed by atoms with Crippen LogP contribution in [0.4, 0.5) is 0 Å². The molecule has 1 atom stereocenters. The number of aromatic nitrogens is 3. The zero-order valence-electron chi connectivity index (χ0n) is 11.6. The summed E-state index contributed by atoms with van der Waals surface area (Å²) < 4.78 is 0. The summed E-state index contributed by atoms with van der Waals surface area (Å²) in [4.78, 5) is 16.3. The van der Waals surface area contributed by atoms with E-state index in [1.165, 1.54) is 12.8 Å². The van der Waals surface area contributed by atoms with Gasteiger partial charge in [-0.15, -0.1) is 5.10 Å². The van der Waals surface area contributed by atoms with Gasteiger partial charge in [0, 0.05) is 18.5 Å². The van der Waals surface area contributed by atoms with Gasteiger partial charge in [0.1, 0.15) is 5.82 Å². The molecule has 0 saturated heterocycles. The number of hydrogen-bond acceptors (Lipinski definition) is 4. The molecule has 2 rings (SSSR count). The number of aromatic amines is 1. The third kappa shape index (κ3) is 3.32. The molecule has 0 radical (unpaired) electrons. The minimum Gasteiger partial charge on any atom is -0.345 e. The van der Waals surface area contributed by atoms with E-state index < -0.39 is 0 Å². The number of H-pyrrole nitrogens is 1. The van der Waals surface area contributed by atoms with E-state index in [0.29, 0.717) is 12.5 Å². The fourth-order valence-corrected chi connectivity index (χ4v) is 2.60. The number of carbonyl (C=O) groups excluding carboxylic acids is 1. The fraction of sp³-hybridized carbons (Fsp3) is 0.769. The van der Waals surface area contributed by atoms with Gasteiger partial charge in [0.25, 0.3) is 5.91 Å². The number of nitrogens with zero attached hydrogens (tertiary/aromatic N) is 2. The van der Waals surface area contributed by atoms with Crippen LogP contribution >= 0.6 is 0 Å². The number of hydrogen-bond donors (Lipinski definition) is 3. The Labute approximate surface area is 113 Å². The van der Waals surface area contributed by atoms with Crippen molar-refractivity contribution in [2.45, 2.75) is 51.5 Å². The molecule has 106 valence electrons. The third-order valence-electron chi connectivity index (χ3n) is 3.79. The highest BCUT2D eigenvalue weighted by atomic mass is 16.2. The maximum atomic E-state index is 12.1. The summed E-state index contributed by atoms with van der Waals surface area (Å²) in [5, 5.41) is 9.72. The number of nitrogens with one attached hydrogen (secondary N) is 2. The van der Waals surface area contributed by atoms with E-state index in [4.69, 9.17) is 5.73 Å². The maximum absolute atomic E-state index is 12.1. The van der Waals surface area contributed by atoms with Crippen LogP contribution in [-0.4, -0.2) is 33.7 Å². The topological polar surface area (TPSA) is 96.7 Å². The Morgan fingerprint density at radius 3 is 2.68 bits per heavy atom. The summed E-state index contributed by atoms with van der Waals surface area (Å²) in [5.74, 6) is 1.44. The fourth-order valence-electron chi connectivity index (χ4n) is 2.60. The zero-order valence-corrected chi connectivity index (χ0v) is 11.6. The Morgan fingerprint density at radius 2 is 2.16 bits per heavy atom. The first-order valence-electron chi connectivity index (χ1n) is 7.05. The van der Waals surface area contributed by atoms with Crippen LogP contribution in [0.5, 0.6) is 0 Å². The highest BCUT2D eigenvalue weighted by molar-refractivity contribution is 5.90. The monoisotopic (exact) mass is 265 g/mol. The van der Waals surface area contributed by atoms with Gasteiger partial charge in [0.2, 0.25) is 5.82 Å². The molecule has 1 amide bonds. The van der Waals surface area contributed by atoms with Gasteiger partial charge in [0.05, 0.1) is 0 Å². The largest absolute Gasteiger partial charge is 0.345 e.